The van der Waals surface area contributed by atoms with Gasteiger partial charge in [-0.1, -0.05) is 46.3 Å². The number of hydrogen-bond donors (Lipinski definition) is 1. The van der Waals surface area contributed by atoms with Crippen LogP contribution in [0.25, 0.3) is 16.8 Å². The van der Waals surface area contributed by atoms with Crippen LogP contribution < -0.4 is 5.32 Å². The molecule has 0 aliphatic carbocycles. The largest absolute Gasteiger partial charge is 0.360 e. The first-order chi connectivity index (χ1) is 11.3. The topological polar surface area (TPSA) is 48.7 Å². The number of nitriles is 1. The molecule has 1 aromatic heterocycles. The lowest BCUT2D eigenvalue weighted by Crippen LogP contribution is -1.90. The van der Waals surface area contributed by atoms with Crippen molar-refractivity contribution in [3.8, 4) is 17.3 Å². The molecule has 0 fully saturated rings. The van der Waals surface area contributed by atoms with Crippen LogP contribution in [0.4, 0.5) is 5.69 Å². The molecule has 1 heterocycles. The molecule has 23 heavy (non-hydrogen) atoms. The summed E-state index contributed by atoms with van der Waals surface area (Å²) in [6, 6.07) is 19.9. The minimum atomic E-state index is 0.514. The fraction of sp³-hybridized carbons (Fsp3) is 0. The van der Waals surface area contributed by atoms with E-state index in [1.807, 2.05) is 60.0 Å². The van der Waals surface area contributed by atoms with Crippen molar-refractivity contribution in [1.82, 2.24) is 4.98 Å². The number of allylic oxidation sites excluding steroid dienone is 1. The van der Waals surface area contributed by atoms with E-state index in [1.165, 1.54) is 11.3 Å². The second-order valence-corrected chi connectivity index (χ2v) is 6.50. The second kappa shape index (κ2) is 7.23. The van der Waals surface area contributed by atoms with Gasteiger partial charge >= 0.3 is 0 Å². The van der Waals surface area contributed by atoms with Gasteiger partial charge in [0.2, 0.25) is 0 Å². The minimum Gasteiger partial charge on any atom is -0.360 e. The number of rotatable bonds is 4. The van der Waals surface area contributed by atoms with Crippen molar-refractivity contribution in [2.75, 3.05) is 5.32 Å². The molecule has 0 saturated heterocycles. The Kier molecular flexibility index (Phi) is 4.86. The van der Waals surface area contributed by atoms with E-state index in [1.54, 1.807) is 6.20 Å². The molecule has 3 nitrogen and oxygen atoms in total. The molecule has 0 aliphatic heterocycles. The van der Waals surface area contributed by atoms with E-state index in [-0.39, 0.29) is 0 Å². The summed E-state index contributed by atoms with van der Waals surface area (Å²) >= 11 is 4.92. The zero-order valence-corrected chi connectivity index (χ0v) is 14.4. The summed E-state index contributed by atoms with van der Waals surface area (Å²) < 4.78 is 1.01. The number of nitrogens with one attached hydrogen (secondary N) is 1. The zero-order valence-electron chi connectivity index (χ0n) is 12.0. The first-order valence-electron chi connectivity index (χ1n) is 6.90. The Morgan fingerprint density at radius 1 is 1.17 bits per heavy atom. The number of para-hydroxylation sites is 1. The molecule has 5 heteroatoms. The van der Waals surface area contributed by atoms with Crippen LogP contribution in [0.3, 0.4) is 0 Å². The van der Waals surface area contributed by atoms with Gasteiger partial charge in [0.25, 0.3) is 0 Å². The van der Waals surface area contributed by atoms with Crippen LogP contribution in [-0.2, 0) is 0 Å². The minimum absolute atomic E-state index is 0.514. The third-order valence-corrected chi connectivity index (χ3v) is 4.50. The van der Waals surface area contributed by atoms with Crippen molar-refractivity contribution in [2.24, 2.45) is 0 Å². The molecular formula is C18H12BrN3S. The average molecular weight is 382 g/mol. The van der Waals surface area contributed by atoms with Crippen LogP contribution in [0.2, 0.25) is 0 Å². The van der Waals surface area contributed by atoms with Gasteiger partial charge in [0.1, 0.15) is 16.6 Å². The quantitative estimate of drug-likeness (QED) is 0.602. The maximum absolute atomic E-state index is 9.38. The molecule has 112 valence electrons. The fourth-order valence-corrected chi connectivity index (χ4v) is 3.20. The highest BCUT2D eigenvalue weighted by Gasteiger charge is 2.09. The lowest BCUT2D eigenvalue weighted by atomic mass is 10.2. The van der Waals surface area contributed by atoms with E-state index in [2.05, 4.69) is 32.3 Å². The molecule has 0 bridgehead atoms. The number of anilines is 1. The number of thiazole rings is 1. The van der Waals surface area contributed by atoms with E-state index in [0.29, 0.717) is 10.6 Å². The SMILES string of the molecule is N#C/C(=C/Nc1ccccc1)c1nc(-c2cccc(Br)c2)cs1. The van der Waals surface area contributed by atoms with E-state index in [0.717, 1.165) is 21.4 Å². The van der Waals surface area contributed by atoms with Crippen molar-refractivity contribution in [2.45, 2.75) is 0 Å². The monoisotopic (exact) mass is 381 g/mol. The molecule has 2 aromatic carbocycles. The summed E-state index contributed by atoms with van der Waals surface area (Å²) in [5.41, 5.74) is 3.34. The van der Waals surface area contributed by atoms with Gasteiger partial charge < -0.3 is 5.32 Å². The van der Waals surface area contributed by atoms with Gasteiger partial charge in [0.05, 0.1) is 5.69 Å². The second-order valence-electron chi connectivity index (χ2n) is 4.73. The van der Waals surface area contributed by atoms with Crippen LogP contribution in [0.5, 0.6) is 0 Å². The highest BCUT2D eigenvalue weighted by Crippen LogP contribution is 2.27. The fourth-order valence-electron chi connectivity index (χ4n) is 2.01. The van der Waals surface area contributed by atoms with E-state index < -0.39 is 0 Å². The number of benzene rings is 2. The molecule has 0 aliphatic rings. The molecule has 0 saturated carbocycles. The Labute approximate surface area is 147 Å². The molecule has 3 rings (SSSR count). The van der Waals surface area contributed by atoms with Gasteiger partial charge in [0, 0.05) is 27.3 Å². The Morgan fingerprint density at radius 2 is 2.00 bits per heavy atom. The molecule has 0 radical (unpaired) electrons. The number of aromatic nitrogens is 1. The van der Waals surface area contributed by atoms with E-state index >= 15 is 0 Å². The molecular weight excluding hydrogens is 370 g/mol. The van der Waals surface area contributed by atoms with E-state index in [4.69, 9.17) is 0 Å². The third kappa shape index (κ3) is 3.86. The van der Waals surface area contributed by atoms with Gasteiger partial charge in [-0.2, -0.15) is 5.26 Å². The lowest BCUT2D eigenvalue weighted by Gasteiger charge is -2.00. The average Bonchev–Trinajstić information content (AvgIpc) is 3.06. The normalized spacial score (nSPS) is 11.0. The van der Waals surface area contributed by atoms with Crippen LogP contribution in [0.1, 0.15) is 5.01 Å². The summed E-state index contributed by atoms with van der Waals surface area (Å²) in [7, 11) is 0. The molecule has 0 unspecified atom stereocenters. The smallest absolute Gasteiger partial charge is 0.136 e. The molecule has 3 aromatic rings. The highest BCUT2D eigenvalue weighted by atomic mass is 79.9. The Bertz CT molecular complexity index is 879. The number of halogens is 1. The van der Waals surface area contributed by atoms with Gasteiger partial charge in [-0.15, -0.1) is 11.3 Å². The Hall–Kier alpha value is -2.42. The standard InChI is InChI=1S/C18H12BrN3S/c19-15-6-4-5-13(9-15)17-12-23-18(22-17)14(10-20)11-21-16-7-2-1-3-8-16/h1-9,11-12,21H/b14-11-. The van der Waals surface area contributed by atoms with Crippen molar-refractivity contribution >= 4 is 38.5 Å². The summed E-state index contributed by atoms with van der Waals surface area (Å²) in [6.45, 7) is 0. The maximum Gasteiger partial charge on any atom is 0.136 e. The third-order valence-electron chi connectivity index (χ3n) is 3.13. The summed E-state index contributed by atoms with van der Waals surface area (Å²) in [5.74, 6) is 0. The van der Waals surface area contributed by atoms with Gasteiger partial charge in [-0.3, -0.25) is 0 Å². The molecule has 0 amide bonds. The van der Waals surface area contributed by atoms with Crippen molar-refractivity contribution < 1.29 is 0 Å². The summed E-state index contributed by atoms with van der Waals surface area (Å²) in [5, 5.41) is 15.2. The summed E-state index contributed by atoms with van der Waals surface area (Å²) in [4.78, 5) is 4.57. The van der Waals surface area contributed by atoms with Crippen molar-refractivity contribution in [3.05, 3.63) is 75.7 Å². The number of hydrogen-bond acceptors (Lipinski definition) is 4. The maximum atomic E-state index is 9.38. The van der Waals surface area contributed by atoms with Crippen LogP contribution in [-0.4, -0.2) is 4.98 Å². The van der Waals surface area contributed by atoms with Crippen molar-refractivity contribution in [3.63, 3.8) is 0 Å². The Morgan fingerprint density at radius 3 is 2.74 bits per heavy atom. The first-order valence-corrected chi connectivity index (χ1v) is 8.57. The molecule has 0 atom stereocenters. The van der Waals surface area contributed by atoms with Gasteiger partial charge in [0.15, 0.2) is 0 Å². The lowest BCUT2D eigenvalue weighted by molar-refractivity contribution is 1.36. The van der Waals surface area contributed by atoms with Gasteiger partial charge in [-0.25, -0.2) is 4.98 Å². The van der Waals surface area contributed by atoms with E-state index in [9.17, 15) is 5.26 Å². The highest BCUT2D eigenvalue weighted by molar-refractivity contribution is 9.10. The summed E-state index contributed by atoms with van der Waals surface area (Å²) in [6.07, 6.45) is 1.69. The first kappa shape index (κ1) is 15.5. The predicted octanol–water partition coefficient (Wildman–Crippen LogP) is 5.55. The van der Waals surface area contributed by atoms with Crippen LogP contribution in [0, 0.1) is 11.3 Å². The van der Waals surface area contributed by atoms with Gasteiger partial charge in [-0.05, 0) is 24.3 Å². The Balaban J connectivity index is 1.84. The van der Waals surface area contributed by atoms with Crippen LogP contribution >= 0.6 is 27.3 Å². The molecule has 1 N–H and O–H groups in total. The molecule has 0 spiro atoms. The predicted molar refractivity (Wildman–Crippen MR) is 98.9 cm³/mol. The number of nitrogens with zero attached hydrogens (tertiary/aromatic N) is 2. The van der Waals surface area contributed by atoms with Crippen molar-refractivity contribution in [1.29, 1.82) is 5.26 Å². The van der Waals surface area contributed by atoms with Crippen LogP contribution in [0.15, 0.2) is 70.7 Å². The zero-order chi connectivity index (χ0) is 16.1.